The number of aromatic nitrogens is 3. The van der Waals surface area contributed by atoms with E-state index in [2.05, 4.69) is 25.3 Å². The van der Waals surface area contributed by atoms with Crippen molar-refractivity contribution >= 4 is 22.4 Å². The van der Waals surface area contributed by atoms with Crippen LogP contribution in [0.2, 0.25) is 0 Å². The van der Waals surface area contributed by atoms with Gasteiger partial charge in [-0.1, -0.05) is 5.16 Å². The summed E-state index contributed by atoms with van der Waals surface area (Å²) < 4.78 is 10.3. The molecule has 0 aliphatic carbocycles. The summed E-state index contributed by atoms with van der Waals surface area (Å²) in [4.78, 5) is 22.9. The standard InChI is InChI=1S/C15H15N5O3S/c21-14(18-15-16-4-7-24-15)11-2-1-5-20(11)8-12-17-13(19-23-12)10-3-6-22-9-10/h3-4,6-7,9,11H,1-2,5,8H2,(H,16,18,21)/t11-/m0/s1. The zero-order chi connectivity index (χ0) is 16.4. The normalized spacial score (nSPS) is 18.1. The van der Waals surface area contributed by atoms with E-state index in [1.54, 1.807) is 24.8 Å². The molecule has 4 rings (SSSR count). The highest BCUT2D eigenvalue weighted by molar-refractivity contribution is 7.13. The highest BCUT2D eigenvalue weighted by Crippen LogP contribution is 2.23. The monoisotopic (exact) mass is 345 g/mol. The summed E-state index contributed by atoms with van der Waals surface area (Å²) in [6, 6.07) is 1.56. The third-order valence-corrected chi connectivity index (χ3v) is 4.60. The molecule has 0 aromatic carbocycles. The van der Waals surface area contributed by atoms with Crippen molar-refractivity contribution in [3.05, 3.63) is 36.1 Å². The second-order valence-electron chi connectivity index (χ2n) is 5.48. The van der Waals surface area contributed by atoms with Crippen LogP contribution in [0.1, 0.15) is 18.7 Å². The molecule has 0 unspecified atom stereocenters. The Balaban J connectivity index is 1.42. The van der Waals surface area contributed by atoms with Crippen molar-refractivity contribution in [2.45, 2.75) is 25.4 Å². The predicted molar refractivity (Wildman–Crippen MR) is 86.2 cm³/mol. The van der Waals surface area contributed by atoms with E-state index < -0.39 is 0 Å². The fraction of sp³-hybridized carbons (Fsp3) is 0.333. The molecule has 24 heavy (non-hydrogen) atoms. The van der Waals surface area contributed by atoms with E-state index in [1.807, 2.05) is 5.38 Å². The van der Waals surface area contributed by atoms with Crippen molar-refractivity contribution in [2.75, 3.05) is 11.9 Å². The molecular formula is C15H15N5O3S. The number of furan rings is 1. The van der Waals surface area contributed by atoms with Crippen molar-refractivity contribution in [2.24, 2.45) is 0 Å². The van der Waals surface area contributed by atoms with Gasteiger partial charge in [0.2, 0.25) is 17.6 Å². The molecule has 1 fully saturated rings. The van der Waals surface area contributed by atoms with Gasteiger partial charge in [0, 0.05) is 11.6 Å². The lowest BCUT2D eigenvalue weighted by Gasteiger charge is -2.21. The maximum atomic E-state index is 12.4. The number of rotatable bonds is 5. The number of carbonyl (C=O) groups excluding carboxylic acids is 1. The van der Waals surface area contributed by atoms with Crippen LogP contribution < -0.4 is 5.32 Å². The minimum atomic E-state index is -0.210. The first kappa shape index (κ1) is 15.0. The molecule has 9 heteroatoms. The first-order valence-electron chi connectivity index (χ1n) is 7.59. The van der Waals surface area contributed by atoms with Crippen molar-refractivity contribution in [1.29, 1.82) is 0 Å². The summed E-state index contributed by atoms with van der Waals surface area (Å²) >= 11 is 1.41. The molecule has 124 valence electrons. The van der Waals surface area contributed by atoms with Gasteiger partial charge in [-0.2, -0.15) is 4.98 Å². The summed E-state index contributed by atoms with van der Waals surface area (Å²) in [5.74, 6) is 0.930. The molecule has 1 aliphatic heterocycles. The smallest absolute Gasteiger partial charge is 0.243 e. The fourth-order valence-electron chi connectivity index (χ4n) is 2.79. The fourth-order valence-corrected chi connectivity index (χ4v) is 3.32. The minimum Gasteiger partial charge on any atom is -0.472 e. The highest BCUT2D eigenvalue weighted by Gasteiger charge is 2.32. The quantitative estimate of drug-likeness (QED) is 0.758. The summed E-state index contributed by atoms with van der Waals surface area (Å²) in [6.45, 7) is 1.26. The number of nitrogens with one attached hydrogen (secondary N) is 1. The molecule has 0 radical (unpaired) electrons. The molecule has 0 bridgehead atoms. The van der Waals surface area contributed by atoms with Gasteiger partial charge < -0.3 is 14.3 Å². The molecule has 3 aromatic rings. The van der Waals surface area contributed by atoms with E-state index in [0.717, 1.165) is 24.9 Å². The average molecular weight is 345 g/mol. The number of thiazole rings is 1. The number of likely N-dealkylation sites (tertiary alicyclic amines) is 1. The van der Waals surface area contributed by atoms with Gasteiger partial charge in [0.15, 0.2) is 5.13 Å². The largest absolute Gasteiger partial charge is 0.472 e. The van der Waals surface area contributed by atoms with Gasteiger partial charge in [-0.15, -0.1) is 11.3 Å². The van der Waals surface area contributed by atoms with Gasteiger partial charge in [0.05, 0.1) is 24.4 Å². The number of nitrogens with zero attached hydrogens (tertiary/aromatic N) is 4. The third-order valence-electron chi connectivity index (χ3n) is 3.91. The van der Waals surface area contributed by atoms with Gasteiger partial charge in [0.1, 0.15) is 6.26 Å². The van der Waals surface area contributed by atoms with Crippen molar-refractivity contribution in [3.8, 4) is 11.4 Å². The Morgan fingerprint density at radius 1 is 1.50 bits per heavy atom. The third kappa shape index (κ3) is 3.08. The Labute approximate surface area is 141 Å². The van der Waals surface area contributed by atoms with Crippen LogP contribution in [0.25, 0.3) is 11.4 Å². The van der Waals surface area contributed by atoms with Crippen LogP contribution in [0.3, 0.4) is 0 Å². The van der Waals surface area contributed by atoms with Crippen LogP contribution in [0.5, 0.6) is 0 Å². The lowest BCUT2D eigenvalue weighted by molar-refractivity contribution is -0.120. The Morgan fingerprint density at radius 2 is 2.46 bits per heavy atom. The maximum Gasteiger partial charge on any atom is 0.243 e. The molecule has 0 spiro atoms. The van der Waals surface area contributed by atoms with Crippen LogP contribution in [-0.2, 0) is 11.3 Å². The molecule has 4 heterocycles. The molecular weight excluding hydrogens is 330 g/mol. The molecule has 1 aliphatic rings. The van der Waals surface area contributed by atoms with E-state index in [-0.39, 0.29) is 11.9 Å². The lowest BCUT2D eigenvalue weighted by Crippen LogP contribution is -2.39. The summed E-state index contributed by atoms with van der Waals surface area (Å²) in [5, 5.41) is 9.25. The SMILES string of the molecule is O=C(Nc1nccs1)[C@@H]1CCCN1Cc1nc(-c2ccoc2)no1. The second kappa shape index (κ2) is 6.54. The van der Waals surface area contributed by atoms with E-state index in [4.69, 9.17) is 8.94 Å². The van der Waals surface area contributed by atoms with Gasteiger partial charge in [0.25, 0.3) is 0 Å². The number of amides is 1. The van der Waals surface area contributed by atoms with Crippen molar-refractivity contribution in [1.82, 2.24) is 20.0 Å². The Bertz CT molecular complexity index is 799. The Hall–Kier alpha value is -2.52. The minimum absolute atomic E-state index is 0.0444. The van der Waals surface area contributed by atoms with E-state index in [1.165, 1.54) is 11.3 Å². The van der Waals surface area contributed by atoms with Crippen molar-refractivity contribution < 1.29 is 13.7 Å². The molecule has 1 amide bonds. The lowest BCUT2D eigenvalue weighted by atomic mass is 10.2. The van der Waals surface area contributed by atoms with Crippen LogP contribution in [0.15, 0.2) is 39.1 Å². The molecule has 8 nitrogen and oxygen atoms in total. The number of anilines is 1. The molecule has 1 N–H and O–H groups in total. The van der Waals surface area contributed by atoms with Gasteiger partial charge in [-0.3, -0.25) is 9.69 Å². The Kier molecular flexibility index (Phi) is 4.09. The number of carbonyl (C=O) groups is 1. The summed E-state index contributed by atoms with van der Waals surface area (Å²) in [6.07, 6.45) is 6.56. The zero-order valence-corrected chi connectivity index (χ0v) is 13.5. The first-order valence-corrected chi connectivity index (χ1v) is 8.47. The zero-order valence-electron chi connectivity index (χ0n) is 12.7. The molecule has 3 aromatic heterocycles. The van der Waals surface area contributed by atoms with E-state index in [9.17, 15) is 4.79 Å². The van der Waals surface area contributed by atoms with E-state index >= 15 is 0 Å². The molecule has 1 atom stereocenters. The number of hydrogen-bond acceptors (Lipinski definition) is 8. The Morgan fingerprint density at radius 3 is 3.25 bits per heavy atom. The van der Waals surface area contributed by atoms with Crippen molar-refractivity contribution in [3.63, 3.8) is 0 Å². The second-order valence-corrected chi connectivity index (χ2v) is 6.37. The van der Waals surface area contributed by atoms with Crippen LogP contribution in [-0.4, -0.2) is 38.5 Å². The predicted octanol–water partition coefficient (Wildman–Crippen LogP) is 2.39. The maximum absolute atomic E-state index is 12.4. The van der Waals surface area contributed by atoms with Crippen LogP contribution in [0.4, 0.5) is 5.13 Å². The molecule has 0 saturated carbocycles. The van der Waals surface area contributed by atoms with Crippen LogP contribution in [0, 0.1) is 0 Å². The van der Waals surface area contributed by atoms with Gasteiger partial charge in [-0.05, 0) is 25.5 Å². The topological polar surface area (TPSA) is 97.3 Å². The highest BCUT2D eigenvalue weighted by atomic mass is 32.1. The molecule has 1 saturated heterocycles. The average Bonchev–Trinajstić information content (AvgIpc) is 3.36. The van der Waals surface area contributed by atoms with Gasteiger partial charge in [-0.25, -0.2) is 4.98 Å². The first-order chi connectivity index (χ1) is 11.8. The number of hydrogen-bond donors (Lipinski definition) is 1. The summed E-state index contributed by atoms with van der Waals surface area (Å²) in [7, 11) is 0. The van der Waals surface area contributed by atoms with E-state index in [0.29, 0.717) is 23.4 Å². The van der Waals surface area contributed by atoms with Gasteiger partial charge >= 0.3 is 0 Å². The van der Waals surface area contributed by atoms with Crippen LogP contribution >= 0.6 is 11.3 Å². The summed E-state index contributed by atoms with van der Waals surface area (Å²) in [5.41, 5.74) is 0.768.